The molecule has 3 aliphatic rings. The van der Waals surface area contributed by atoms with Gasteiger partial charge in [-0.15, -0.1) is 0 Å². The molecule has 1 aliphatic heterocycles. The van der Waals surface area contributed by atoms with Gasteiger partial charge in [0.05, 0.1) is 11.7 Å². The quantitative estimate of drug-likeness (QED) is 0.863. The van der Waals surface area contributed by atoms with Gasteiger partial charge in [0.15, 0.2) is 0 Å². The molecule has 3 fully saturated rings. The molecule has 1 saturated heterocycles. The number of carbonyl (C=O) groups is 1. The summed E-state index contributed by atoms with van der Waals surface area (Å²) >= 11 is 0. The Morgan fingerprint density at radius 2 is 1.67 bits per heavy atom. The van der Waals surface area contributed by atoms with Crippen molar-refractivity contribution in [2.75, 3.05) is 0 Å². The normalized spacial score (nSPS) is 33.4. The third-order valence-electron chi connectivity index (χ3n) is 6.80. The average molecular weight is 292 g/mol. The van der Waals surface area contributed by atoms with Gasteiger partial charge in [-0.05, 0) is 36.0 Å². The lowest BCUT2D eigenvalue weighted by Gasteiger charge is -2.28. The fourth-order valence-electron chi connectivity index (χ4n) is 4.95. The molecule has 21 heavy (non-hydrogen) atoms. The Labute approximate surface area is 129 Å². The van der Waals surface area contributed by atoms with E-state index in [0.29, 0.717) is 17.9 Å². The van der Waals surface area contributed by atoms with E-state index in [0.717, 1.165) is 19.3 Å². The van der Waals surface area contributed by atoms with E-state index in [1.165, 1.54) is 12.8 Å². The van der Waals surface area contributed by atoms with E-state index in [1.807, 2.05) is 0 Å². The summed E-state index contributed by atoms with van der Waals surface area (Å²) in [5.41, 5.74) is 0.224. The van der Waals surface area contributed by atoms with E-state index in [1.54, 1.807) is 0 Å². The summed E-state index contributed by atoms with van der Waals surface area (Å²) in [6, 6.07) is 0.383. The standard InChI is InChI=1S/C18H32N2O/c1-12(2)11-13-19-18(9-7-8-10-18)15(21)20(13)14-16(3,4)17(14,5)6/h12-14,19H,7-11H2,1-6H3. The van der Waals surface area contributed by atoms with E-state index in [2.05, 4.69) is 51.8 Å². The molecule has 1 unspecified atom stereocenters. The van der Waals surface area contributed by atoms with Crippen LogP contribution in [0.1, 0.15) is 73.6 Å². The first kappa shape index (κ1) is 15.3. The first-order valence-electron chi connectivity index (χ1n) is 8.74. The summed E-state index contributed by atoms with van der Waals surface area (Å²) in [4.78, 5) is 15.5. The van der Waals surface area contributed by atoms with Crippen LogP contribution in [0.5, 0.6) is 0 Å². The summed E-state index contributed by atoms with van der Waals surface area (Å²) in [5, 5.41) is 3.77. The Morgan fingerprint density at radius 1 is 1.14 bits per heavy atom. The van der Waals surface area contributed by atoms with Gasteiger partial charge in [0, 0.05) is 6.04 Å². The lowest BCUT2D eigenvalue weighted by atomic mass is 9.98. The highest BCUT2D eigenvalue weighted by molar-refractivity contribution is 5.90. The Kier molecular flexibility index (Phi) is 3.26. The van der Waals surface area contributed by atoms with Crippen LogP contribution < -0.4 is 5.32 Å². The highest BCUT2D eigenvalue weighted by Crippen LogP contribution is 2.66. The molecule has 1 amide bonds. The van der Waals surface area contributed by atoms with Crippen molar-refractivity contribution in [1.82, 2.24) is 10.2 Å². The van der Waals surface area contributed by atoms with Crippen molar-refractivity contribution in [3.63, 3.8) is 0 Å². The zero-order chi connectivity index (χ0) is 15.6. The van der Waals surface area contributed by atoms with E-state index in [4.69, 9.17) is 0 Å². The van der Waals surface area contributed by atoms with Crippen LogP contribution in [-0.2, 0) is 4.79 Å². The number of nitrogens with zero attached hydrogens (tertiary/aromatic N) is 1. The molecule has 1 N–H and O–H groups in total. The predicted octanol–water partition coefficient (Wildman–Crippen LogP) is 3.54. The van der Waals surface area contributed by atoms with Crippen LogP contribution in [0.25, 0.3) is 0 Å². The van der Waals surface area contributed by atoms with Crippen molar-refractivity contribution in [3.05, 3.63) is 0 Å². The molecule has 120 valence electrons. The molecule has 3 rings (SSSR count). The van der Waals surface area contributed by atoms with Gasteiger partial charge in [-0.2, -0.15) is 0 Å². The lowest BCUT2D eigenvalue weighted by Crippen LogP contribution is -2.45. The molecule has 1 atom stereocenters. The maximum atomic E-state index is 13.2. The number of nitrogens with one attached hydrogen (secondary N) is 1. The van der Waals surface area contributed by atoms with Crippen LogP contribution in [0, 0.1) is 16.7 Å². The molecular weight excluding hydrogens is 260 g/mol. The number of amides is 1. The Hall–Kier alpha value is -0.570. The Morgan fingerprint density at radius 3 is 2.10 bits per heavy atom. The lowest BCUT2D eigenvalue weighted by molar-refractivity contribution is -0.134. The number of rotatable bonds is 3. The van der Waals surface area contributed by atoms with E-state index in [-0.39, 0.29) is 22.5 Å². The fraction of sp³-hybridized carbons (Fsp3) is 0.944. The smallest absolute Gasteiger partial charge is 0.244 e. The SMILES string of the molecule is CC(C)CC1NC2(CCCC2)C(=O)N1C1C(C)(C)C1(C)C. The summed E-state index contributed by atoms with van der Waals surface area (Å²) in [5.74, 6) is 1.01. The van der Waals surface area contributed by atoms with Crippen molar-refractivity contribution >= 4 is 5.91 Å². The van der Waals surface area contributed by atoms with Crippen molar-refractivity contribution in [3.8, 4) is 0 Å². The van der Waals surface area contributed by atoms with Crippen LogP contribution >= 0.6 is 0 Å². The largest absolute Gasteiger partial charge is 0.321 e. The summed E-state index contributed by atoms with van der Waals surface area (Å²) < 4.78 is 0. The van der Waals surface area contributed by atoms with Gasteiger partial charge in [0.1, 0.15) is 0 Å². The molecule has 3 heteroatoms. The van der Waals surface area contributed by atoms with Gasteiger partial charge in [0.25, 0.3) is 0 Å². The third kappa shape index (κ3) is 1.99. The molecule has 1 spiro atoms. The van der Waals surface area contributed by atoms with Crippen LogP contribution in [-0.4, -0.2) is 28.6 Å². The zero-order valence-corrected chi connectivity index (χ0v) is 14.6. The van der Waals surface area contributed by atoms with Gasteiger partial charge in [0.2, 0.25) is 5.91 Å². The molecule has 3 nitrogen and oxygen atoms in total. The number of hydrogen-bond donors (Lipinski definition) is 1. The van der Waals surface area contributed by atoms with Gasteiger partial charge in [-0.1, -0.05) is 54.4 Å². The summed E-state index contributed by atoms with van der Waals surface area (Å²) in [6.07, 6.45) is 5.75. The van der Waals surface area contributed by atoms with E-state index >= 15 is 0 Å². The molecule has 1 heterocycles. The first-order chi connectivity index (χ1) is 9.63. The molecule has 0 aromatic heterocycles. The Bertz CT molecular complexity index is 432. The van der Waals surface area contributed by atoms with E-state index < -0.39 is 0 Å². The Balaban J connectivity index is 1.90. The second kappa shape index (κ2) is 4.47. The number of hydrogen-bond acceptors (Lipinski definition) is 2. The van der Waals surface area contributed by atoms with Crippen molar-refractivity contribution < 1.29 is 4.79 Å². The minimum Gasteiger partial charge on any atom is -0.321 e. The van der Waals surface area contributed by atoms with Crippen molar-refractivity contribution in [2.45, 2.75) is 91.4 Å². The van der Waals surface area contributed by atoms with Crippen molar-refractivity contribution in [2.24, 2.45) is 16.7 Å². The second-order valence-corrected chi connectivity index (χ2v) is 9.14. The van der Waals surface area contributed by atoms with Crippen LogP contribution in [0.2, 0.25) is 0 Å². The molecule has 2 aliphatic carbocycles. The van der Waals surface area contributed by atoms with Crippen molar-refractivity contribution in [1.29, 1.82) is 0 Å². The topological polar surface area (TPSA) is 32.3 Å². The molecule has 2 saturated carbocycles. The maximum absolute atomic E-state index is 13.2. The van der Waals surface area contributed by atoms with Gasteiger partial charge in [-0.25, -0.2) is 0 Å². The monoisotopic (exact) mass is 292 g/mol. The average Bonchev–Trinajstić information content (AvgIpc) is 2.78. The van der Waals surface area contributed by atoms with E-state index in [9.17, 15) is 4.79 Å². The van der Waals surface area contributed by atoms with Gasteiger partial charge < -0.3 is 4.90 Å². The maximum Gasteiger partial charge on any atom is 0.244 e. The predicted molar refractivity (Wildman–Crippen MR) is 85.8 cm³/mol. The number of carbonyl (C=O) groups excluding carboxylic acids is 1. The van der Waals surface area contributed by atoms with Gasteiger partial charge >= 0.3 is 0 Å². The van der Waals surface area contributed by atoms with Crippen LogP contribution in [0.4, 0.5) is 0 Å². The minimum absolute atomic E-state index is 0.226. The first-order valence-corrected chi connectivity index (χ1v) is 8.74. The second-order valence-electron chi connectivity index (χ2n) is 9.14. The highest BCUT2D eigenvalue weighted by atomic mass is 16.2. The molecule has 0 aromatic carbocycles. The third-order valence-corrected chi connectivity index (χ3v) is 6.80. The molecule has 0 aromatic rings. The summed E-state index contributed by atoms with van der Waals surface area (Å²) in [6.45, 7) is 13.8. The summed E-state index contributed by atoms with van der Waals surface area (Å²) in [7, 11) is 0. The zero-order valence-electron chi connectivity index (χ0n) is 14.6. The van der Waals surface area contributed by atoms with Crippen LogP contribution in [0.15, 0.2) is 0 Å². The fourth-order valence-corrected chi connectivity index (χ4v) is 4.95. The van der Waals surface area contributed by atoms with Crippen LogP contribution in [0.3, 0.4) is 0 Å². The molecule has 0 radical (unpaired) electrons. The minimum atomic E-state index is -0.228. The van der Waals surface area contributed by atoms with Gasteiger partial charge in [-0.3, -0.25) is 10.1 Å². The highest BCUT2D eigenvalue weighted by Gasteiger charge is 2.71. The molecular formula is C18H32N2O. The molecule has 0 bridgehead atoms.